The monoisotopic (exact) mass is 280 g/mol. The Balaban J connectivity index is 2.10. The van der Waals surface area contributed by atoms with Crippen molar-refractivity contribution in [3.63, 3.8) is 0 Å². The molecule has 0 saturated heterocycles. The van der Waals surface area contributed by atoms with E-state index in [1.807, 2.05) is 36.5 Å². The van der Waals surface area contributed by atoms with Gasteiger partial charge in [0.2, 0.25) is 5.88 Å². The molecule has 0 bridgehead atoms. The molecule has 0 aromatic carbocycles. The highest BCUT2D eigenvalue weighted by Crippen LogP contribution is 2.27. The summed E-state index contributed by atoms with van der Waals surface area (Å²) in [4.78, 5) is 13.3. The van der Waals surface area contributed by atoms with Gasteiger partial charge in [-0.1, -0.05) is 6.07 Å². The molecule has 3 rings (SSSR count). The number of ether oxygens (including phenoxy) is 1. The number of nitrogens with two attached hydrogens (primary N) is 1. The smallest absolute Gasteiger partial charge is 0.213 e. The van der Waals surface area contributed by atoms with Gasteiger partial charge in [-0.2, -0.15) is 0 Å². The molecular weight excluding hydrogens is 264 g/mol. The molecule has 0 fully saturated rings. The van der Waals surface area contributed by atoms with Crippen LogP contribution in [0.5, 0.6) is 5.88 Å². The lowest BCUT2D eigenvalue weighted by Gasteiger charge is -2.07. The summed E-state index contributed by atoms with van der Waals surface area (Å²) in [7, 11) is 1.60. The molecule has 0 aliphatic rings. The third-order valence-corrected chi connectivity index (χ3v) is 3.30. The van der Waals surface area contributed by atoms with Crippen LogP contribution in [0.2, 0.25) is 0 Å². The second kappa shape index (κ2) is 5.85. The fraction of sp³-hybridized carbons (Fsp3) is 0.188. The molecule has 3 aromatic heterocycles. The van der Waals surface area contributed by atoms with Crippen molar-refractivity contribution in [2.75, 3.05) is 13.7 Å². The van der Waals surface area contributed by atoms with E-state index in [1.165, 1.54) is 0 Å². The first kappa shape index (κ1) is 13.5. The second-order valence-electron chi connectivity index (χ2n) is 4.66. The van der Waals surface area contributed by atoms with E-state index in [0.717, 1.165) is 34.3 Å². The van der Waals surface area contributed by atoms with Crippen LogP contribution >= 0.6 is 0 Å². The van der Waals surface area contributed by atoms with Gasteiger partial charge in [-0.15, -0.1) is 0 Å². The summed E-state index contributed by atoms with van der Waals surface area (Å²) in [6.07, 6.45) is 4.41. The van der Waals surface area contributed by atoms with E-state index in [1.54, 1.807) is 13.3 Å². The summed E-state index contributed by atoms with van der Waals surface area (Å²) >= 11 is 0. The molecule has 0 aliphatic carbocycles. The number of aromatic nitrogens is 3. The first-order valence-corrected chi connectivity index (χ1v) is 6.77. The molecule has 0 unspecified atom stereocenters. The molecule has 106 valence electrons. The Morgan fingerprint density at radius 3 is 2.71 bits per heavy atom. The molecule has 5 heteroatoms. The van der Waals surface area contributed by atoms with E-state index >= 15 is 0 Å². The third-order valence-electron chi connectivity index (χ3n) is 3.30. The quantitative estimate of drug-likeness (QED) is 0.793. The van der Waals surface area contributed by atoms with Crippen LogP contribution in [0.3, 0.4) is 0 Å². The summed E-state index contributed by atoms with van der Waals surface area (Å²) in [6, 6.07) is 9.68. The SMILES string of the molecule is COc1ccc2nccc(-c3ccc(CCN)nc3)c2n1. The molecule has 3 aromatic rings. The van der Waals surface area contributed by atoms with Crippen molar-refractivity contribution in [1.82, 2.24) is 15.0 Å². The van der Waals surface area contributed by atoms with E-state index in [2.05, 4.69) is 15.0 Å². The zero-order valence-electron chi connectivity index (χ0n) is 11.8. The van der Waals surface area contributed by atoms with Crippen LogP contribution in [0.4, 0.5) is 0 Å². The Labute approximate surface area is 122 Å². The summed E-state index contributed by atoms with van der Waals surface area (Å²) in [6.45, 7) is 0.600. The molecule has 0 saturated carbocycles. The lowest BCUT2D eigenvalue weighted by atomic mass is 10.1. The van der Waals surface area contributed by atoms with Crippen LogP contribution in [0, 0.1) is 0 Å². The molecule has 0 spiro atoms. The van der Waals surface area contributed by atoms with Crippen molar-refractivity contribution in [3.8, 4) is 17.0 Å². The van der Waals surface area contributed by atoms with Crippen LogP contribution in [0.1, 0.15) is 5.69 Å². The molecular formula is C16H16N4O. The van der Waals surface area contributed by atoms with Crippen LogP contribution in [-0.4, -0.2) is 28.6 Å². The Kier molecular flexibility index (Phi) is 3.75. The number of methoxy groups -OCH3 is 1. The summed E-state index contributed by atoms with van der Waals surface area (Å²) in [5, 5.41) is 0. The Morgan fingerprint density at radius 1 is 1.10 bits per heavy atom. The van der Waals surface area contributed by atoms with Crippen molar-refractivity contribution >= 4 is 11.0 Å². The number of hydrogen-bond donors (Lipinski definition) is 1. The maximum Gasteiger partial charge on any atom is 0.213 e. The number of fused-ring (bicyclic) bond motifs is 1. The minimum Gasteiger partial charge on any atom is -0.481 e. The summed E-state index contributed by atoms with van der Waals surface area (Å²) < 4.78 is 5.20. The van der Waals surface area contributed by atoms with E-state index in [0.29, 0.717) is 12.4 Å². The minimum atomic E-state index is 0.574. The van der Waals surface area contributed by atoms with Gasteiger partial charge in [-0.05, 0) is 24.7 Å². The Bertz CT molecular complexity index is 756. The number of pyridine rings is 3. The Morgan fingerprint density at radius 2 is 2.00 bits per heavy atom. The molecule has 21 heavy (non-hydrogen) atoms. The highest BCUT2D eigenvalue weighted by Gasteiger charge is 2.08. The standard InChI is InChI=1S/C16H16N4O/c1-21-15-5-4-14-16(20-15)13(7-9-18-14)11-2-3-12(6-8-17)19-10-11/h2-5,7,9-10H,6,8,17H2,1H3. The van der Waals surface area contributed by atoms with Crippen molar-refractivity contribution in [1.29, 1.82) is 0 Å². The summed E-state index contributed by atoms with van der Waals surface area (Å²) in [5.74, 6) is 0.574. The average Bonchev–Trinajstić information content (AvgIpc) is 2.55. The van der Waals surface area contributed by atoms with Crippen molar-refractivity contribution < 1.29 is 4.74 Å². The number of hydrogen-bond acceptors (Lipinski definition) is 5. The fourth-order valence-electron chi connectivity index (χ4n) is 2.23. The fourth-order valence-corrected chi connectivity index (χ4v) is 2.23. The van der Waals surface area contributed by atoms with E-state index in [9.17, 15) is 0 Å². The predicted octanol–water partition coefficient (Wildman–Crippen LogP) is 2.20. The maximum atomic E-state index is 5.54. The van der Waals surface area contributed by atoms with E-state index in [-0.39, 0.29) is 0 Å². The predicted molar refractivity (Wildman–Crippen MR) is 82.1 cm³/mol. The largest absolute Gasteiger partial charge is 0.481 e. The molecule has 0 amide bonds. The van der Waals surface area contributed by atoms with Crippen LogP contribution in [0.25, 0.3) is 22.2 Å². The van der Waals surface area contributed by atoms with Gasteiger partial charge in [-0.25, -0.2) is 4.98 Å². The average molecular weight is 280 g/mol. The topological polar surface area (TPSA) is 73.9 Å². The summed E-state index contributed by atoms with van der Waals surface area (Å²) in [5.41, 5.74) is 10.2. The van der Waals surface area contributed by atoms with E-state index < -0.39 is 0 Å². The van der Waals surface area contributed by atoms with Gasteiger partial charge in [0.25, 0.3) is 0 Å². The zero-order chi connectivity index (χ0) is 14.7. The number of nitrogens with zero attached hydrogens (tertiary/aromatic N) is 3. The zero-order valence-corrected chi connectivity index (χ0v) is 11.8. The van der Waals surface area contributed by atoms with Crippen LogP contribution in [-0.2, 0) is 6.42 Å². The van der Waals surface area contributed by atoms with Gasteiger partial charge in [0.1, 0.15) is 5.52 Å². The molecule has 2 N–H and O–H groups in total. The third kappa shape index (κ3) is 2.68. The van der Waals surface area contributed by atoms with Crippen molar-refractivity contribution in [2.45, 2.75) is 6.42 Å². The molecule has 5 nitrogen and oxygen atoms in total. The second-order valence-corrected chi connectivity index (χ2v) is 4.66. The maximum absolute atomic E-state index is 5.54. The van der Waals surface area contributed by atoms with Gasteiger partial charge >= 0.3 is 0 Å². The van der Waals surface area contributed by atoms with Gasteiger partial charge < -0.3 is 10.5 Å². The lowest BCUT2D eigenvalue weighted by Crippen LogP contribution is -2.04. The molecule has 0 atom stereocenters. The van der Waals surface area contributed by atoms with Gasteiger partial charge in [-0.3, -0.25) is 9.97 Å². The first-order valence-electron chi connectivity index (χ1n) is 6.77. The van der Waals surface area contributed by atoms with E-state index in [4.69, 9.17) is 10.5 Å². The Hall–Kier alpha value is -2.53. The number of rotatable bonds is 4. The normalized spacial score (nSPS) is 10.8. The van der Waals surface area contributed by atoms with Crippen LogP contribution < -0.4 is 10.5 Å². The highest BCUT2D eigenvalue weighted by atomic mass is 16.5. The van der Waals surface area contributed by atoms with Gasteiger partial charge in [0.05, 0.1) is 12.6 Å². The first-order chi connectivity index (χ1) is 10.3. The molecule has 0 radical (unpaired) electrons. The van der Waals surface area contributed by atoms with Gasteiger partial charge in [0, 0.05) is 41.7 Å². The van der Waals surface area contributed by atoms with Crippen molar-refractivity contribution in [3.05, 3.63) is 48.4 Å². The van der Waals surface area contributed by atoms with Crippen LogP contribution in [0.15, 0.2) is 42.7 Å². The minimum absolute atomic E-state index is 0.574. The molecule has 3 heterocycles. The molecule has 0 aliphatic heterocycles. The highest BCUT2D eigenvalue weighted by molar-refractivity contribution is 5.91. The van der Waals surface area contributed by atoms with Gasteiger partial charge in [0.15, 0.2) is 0 Å². The van der Waals surface area contributed by atoms with Crippen molar-refractivity contribution in [2.24, 2.45) is 5.73 Å². The lowest BCUT2D eigenvalue weighted by molar-refractivity contribution is 0.399.